The molecule has 2 atom stereocenters. The number of aryl methyl sites for hydroxylation is 1. The van der Waals surface area contributed by atoms with Crippen molar-refractivity contribution in [2.45, 2.75) is 44.4 Å². The third kappa shape index (κ3) is 7.06. The summed E-state index contributed by atoms with van der Waals surface area (Å²) in [5.74, 6) is 1.46. The lowest BCUT2D eigenvalue weighted by molar-refractivity contribution is 0.321. The van der Waals surface area contributed by atoms with Crippen LogP contribution in [0.5, 0.6) is 0 Å². The number of nitrogens with zero attached hydrogens (tertiary/aromatic N) is 1. The maximum atomic E-state index is 4.38. The van der Waals surface area contributed by atoms with Gasteiger partial charge in [0.1, 0.15) is 0 Å². The maximum absolute atomic E-state index is 4.38. The van der Waals surface area contributed by atoms with Gasteiger partial charge in [0.25, 0.3) is 0 Å². The lowest BCUT2D eigenvalue weighted by atomic mass is 9.67. The number of fused-ring (bicyclic) bond motifs is 4. The molecule has 0 radical (unpaired) electrons. The van der Waals surface area contributed by atoms with Crippen molar-refractivity contribution >= 4 is 27.8 Å². The summed E-state index contributed by atoms with van der Waals surface area (Å²) in [6.45, 7) is 6.77. The van der Waals surface area contributed by atoms with E-state index in [2.05, 4.69) is 237 Å². The Morgan fingerprint density at radius 3 is 1.66 bits per heavy atom. The van der Waals surface area contributed by atoms with Crippen LogP contribution in [0.2, 0.25) is 0 Å². The molecule has 2 unspecified atom stereocenters. The van der Waals surface area contributed by atoms with Crippen molar-refractivity contribution in [2.75, 3.05) is 4.90 Å². The molecule has 9 aromatic rings. The van der Waals surface area contributed by atoms with E-state index in [9.17, 15) is 0 Å². The molecule has 0 spiro atoms. The van der Waals surface area contributed by atoms with Crippen molar-refractivity contribution in [2.24, 2.45) is 11.8 Å². The third-order valence-electron chi connectivity index (χ3n) is 14.1. The van der Waals surface area contributed by atoms with Gasteiger partial charge in [0.2, 0.25) is 0 Å². The van der Waals surface area contributed by atoms with Crippen LogP contribution in [-0.2, 0) is 11.8 Å². The molecule has 0 aliphatic heterocycles. The van der Waals surface area contributed by atoms with Gasteiger partial charge >= 0.3 is 0 Å². The number of hydrogen-bond acceptors (Lipinski definition) is 1. The van der Waals surface area contributed by atoms with Crippen molar-refractivity contribution < 1.29 is 0 Å². The van der Waals surface area contributed by atoms with Crippen LogP contribution in [0.4, 0.5) is 17.1 Å². The summed E-state index contributed by atoms with van der Waals surface area (Å²) in [6.07, 6.45) is 5.96. The van der Waals surface area contributed by atoms with Crippen molar-refractivity contribution in [1.29, 1.82) is 0 Å². The standard InChI is InChI=1S/C63H53N/c1-44-40-45(2)42-47(41-44)29-28-46-30-34-53(35-31-46)64(54-36-32-49(33-37-54)57-26-15-19-50-18-14-25-56(62(50)57)48-16-6-3-7-17-48)55-38-39-59-58-24-12-13-27-60(58)63(61(59)43-55,51-20-8-4-9-21-51)52-22-10-5-11-23-52/h3-27,30-39,43,45,47H,1,28-29,40-42H2,2H3. The van der Waals surface area contributed by atoms with Gasteiger partial charge in [-0.05, 0) is 152 Å². The first-order valence-electron chi connectivity index (χ1n) is 23.1. The van der Waals surface area contributed by atoms with Crippen LogP contribution in [0.15, 0.2) is 231 Å². The molecular formula is C63H53N. The van der Waals surface area contributed by atoms with E-state index in [1.165, 1.54) is 103 Å². The summed E-state index contributed by atoms with van der Waals surface area (Å²) in [5, 5.41) is 2.52. The summed E-state index contributed by atoms with van der Waals surface area (Å²) >= 11 is 0. The van der Waals surface area contributed by atoms with Gasteiger partial charge in [-0.2, -0.15) is 0 Å². The van der Waals surface area contributed by atoms with Crippen molar-refractivity contribution in [3.63, 3.8) is 0 Å². The van der Waals surface area contributed by atoms with Crippen LogP contribution in [0, 0.1) is 11.8 Å². The average molecular weight is 824 g/mol. The quantitative estimate of drug-likeness (QED) is 0.124. The molecule has 0 saturated heterocycles. The first-order chi connectivity index (χ1) is 31.5. The van der Waals surface area contributed by atoms with Gasteiger partial charge in [-0.25, -0.2) is 0 Å². The average Bonchev–Trinajstić information content (AvgIpc) is 3.64. The second-order valence-corrected chi connectivity index (χ2v) is 18.3. The Hall–Kier alpha value is -7.22. The van der Waals surface area contributed by atoms with E-state index in [1.807, 2.05) is 0 Å². The van der Waals surface area contributed by atoms with Crippen molar-refractivity contribution in [3.05, 3.63) is 258 Å². The van der Waals surface area contributed by atoms with Gasteiger partial charge in [-0.1, -0.05) is 201 Å². The minimum Gasteiger partial charge on any atom is -0.310 e. The number of allylic oxidation sites excluding steroid dienone is 1. The molecular weight excluding hydrogens is 771 g/mol. The van der Waals surface area contributed by atoms with Crippen molar-refractivity contribution in [1.82, 2.24) is 0 Å². The molecule has 0 bridgehead atoms. The smallest absolute Gasteiger partial charge is 0.0714 e. The van der Waals surface area contributed by atoms with E-state index in [4.69, 9.17) is 0 Å². The second kappa shape index (κ2) is 16.8. The first kappa shape index (κ1) is 39.6. The Kier molecular flexibility index (Phi) is 10.4. The molecule has 0 heterocycles. The normalized spacial score (nSPS) is 16.3. The predicted molar refractivity (Wildman–Crippen MR) is 271 cm³/mol. The molecule has 2 aliphatic carbocycles. The van der Waals surface area contributed by atoms with E-state index in [0.29, 0.717) is 0 Å². The van der Waals surface area contributed by atoms with Gasteiger partial charge in [-0.15, -0.1) is 0 Å². The van der Waals surface area contributed by atoms with E-state index in [-0.39, 0.29) is 0 Å². The highest BCUT2D eigenvalue weighted by atomic mass is 15.1. The third-order valence-corrected chi connectivity index (χ3v) is 14.1. The summed E-state index contributed by atoms with van der Waals surface area (Å²) in [5.41, 5.74) is 18.4. The lowest BCUT2D eigenvalue weighted by Crippen LogP contribution is -2.28. The highest BCUT2D eigenvalue weighted by Gasteiger charge is 2.46. The molecule has 0 N–H and O–H groups in total. The minimum absolute atomic E-state index is 0.489. The highest BCUT2D eigenvalue weighted by molar-refractivity contribution is 6.06. The zero-order valence-corrected chi connectivity index (χ0v) is 36.6. The zero-order chi connectivity index (χ0) is 43.0. The number of rotatable bonds is 10. The van der Waals surface area contributed by atoms with Crippen LogP contribution in [0.25, 0.3) is 44.2 Å². The summed E-state index contributed by atoms with van der Waals surface area (Å²) in [7, 11) is 0. The van der Waals surface area contributed by atoms with E-state index < -0.39 is 5.41 Å². The molecule has 0 aromatic heterocycles. The number of anilines is 3. The molecule has 2 aliphatic rings. The molecule has 1 nitrogen and oxygen atoms in total. The maximum Gasteiger partial charge on any atom is 0.0714 e. The number of benzene rings is 9. The Morgan fingerprint density at radius 2 is 1.02 bits per heavy atom. The predicted octanol–water partition coefficient (Wildman–Crippen LogP) is 16.9. The zero-order valence-electron chi connectivity index (χ0n) is 36.6. The molecule has 64 heavy (non-hydrogen) atoms. The minimum atomic E-state index is -0.489. The fourth-order valence-corrected chi connectivity index (χ4v) is 11.4. The second-order valence-electron chi connectivity index (χ2n) is 18.3. The van der Waals surface area contributed by atoms with Crippen LogP contribution in [-0.4, -0.2) is 0 Å². The van der Waals surface area contributed by atoms with E-state index in [0.717, 1.165) is 35.3 Å². The van der Waals surface area contributed by atoms with Crippen LogP contribution >= 0.6 is 0 Å². The molecule has 1 heteroatoms. The van der Waals surface area contributed by atoms with Crippen molar-refractivity contribution in [3.8, 4) is 33.4 Å². The first-order valence-corrected chi connectivity index (χ1v) is 23.1. The van der Waals surface area contributed by atoms with E-state index >= 15 is 0 Å². The van der Waals surface area contributed by atoms with E-state index in [1.54, 1.807) is 0 Å². The Balaban J connectivity index is 1.04. The summed E-state index contributed by atoms with van der Waals surface area (Å²) in [6, 6.07) is 81.2. The molecule has 310 valence electrons. The van der Waals surface area contributed by atoms with Gasteiger partial charge < -0.3 is 4.90 Å². The van der Waals surface area contributed by atoms with Gasteiger partial charge in [0.05, 0.1) is 5.41 Å². The summed E-state index contributed by atoms with van der Waals surface area (Å²) in [4.78, 5) is 2.46. The van der Waals surface area contributed by atoms with Gasteiger partial charge in [0, 0.05) is 17.1 Å². The molecule has 1 fully saturated rings. The fraction of sp³-hybridized carbons (Fsp3) is 0.143. The largest absolute Gasteiger partial charge is 0.310 e. The number of hydrogen-bond donors (Lipinski definition) is 0. The van der Waals surface area contributed by atoms with Gasteiger partial charge in [0.15, 0.2) is 0 Å². The van der Waals surface area contributed by atoms with Crippen LogP contribution in [0.3, 0.4) is 0 Å². The Bertz CT molecular complexity index is 3050. The summed E-state index contributed by atoms with van der Waals surface area (Å²) < 4.78 is 0. The van der Waals surface area contributed by atoms with Crippen LogP contribution < -0.4 is 4.90 Å². The topological polar surface area (TPSA) is 3.24 Å². The molecule has 0 amide bonds. The monoisotopic (exact) mass is 823 g/mol. The van der Waals surface area contributed by atoms with Crippen LogP contribution in [0.1, 0.15) is 60.4 Å². The molecule has 9 aromatic carbocycles. The Morgan fingerprint density at radius 1 is 0.484 bits per heavy atom. The lowest BCUT2D eigenvalue weighted by Gasteiger charge is -2.35. The SMILES string of the molecule is C=C1CC(C)CC(CCc2ccc(N(c3ccc(-c4cccc5cccc(-c6ccccc6)c45)cc3)c3ccc4c(c3)C(c3ccccc3)(c3ccccc3)c3ccccc3-4)cc2)C1. The highest BCUT2D eigenvalue weighted by Crippen LogP contribution is 2.57. The van der Waals surface area contributed by atoms with Gasteiger partial charge in [-0.3, -0.25) is 0 Å². The molecule has 11 rings (SSSR count). The Labute approximate surface area is 379 Å². The molecule has 1 saturated carbocycles. The fourth-order valence-electron chi connectivity index (χ4n) is 11.4.